The van der Waals surface area contributed by atoms with E-state index in [0.717, 1.165) is 18.1 Å². The summed E-state index contributed by atoms with van der Waals surface area (Å²) in [5.74, 6) is 1.61. The van der Waals surface area contributed by atoms with Gasteiger partial charge in [0.25, 0.3) is 0 Å². The number of thiol groups is 1. The Bertz CT molecular complexity index is 184. The van der Waals surface area contributed by atoms with Gasteiger partial charge in [0.2, 0.25) is 0 Å². The molecule has 1 aromatic heterocycles. The molecule has 5 heteroatoms. The maximum Gasteiger partial charge on any atom is 0.148 e. The summed E-state index contributed by atoms with van der Waals surface area (Å²) in [4.78, 5) is 0. The highest BCUT2D eigenvalue weighted by atomic mass is 32.1. The monoisotopic (exact) mass is 144 g/mol. The first-order valence-corrected chi connectivity index (χ1v) is 3.31. The third-order valence-corrected chi connectivity index (χ3v) is 1.22. The molecule has 0 bridgehead atoms. The first kappa shape index (κ1) is 6.54. The van der Waals surface area contributed by atoms with Crippen molar-refractivity contribution in [3.8, 4) is 0 Å². The van der Waals surface area contributed by atoms with Gasteiger partial charge in [-0.05, 0) is 17.4 Å². The van der Waals surface area contributed by atoms with Crippen molar-refractivity contribution in [2.45, 2.75) is 13.5 Å². The molecule has 0 aliphatic rings. The summed E-state index contributed by atoms with van der Waals surface area (Å²) in [6.45, 7) is 2.64. The minimum atomic E-state index is 0.770. The van der Waals surface area contributed by atoms with Gasteiger partial charge in [-0.15, -0.1) is 5.10 Å². The Kier molecular flexibility index (Phi) is 2.05. The van der Waals surface area contributed by atoms with Crippen molar-refractivity contribution in [3.05, 3.63) is 5.82 Å². The predicted octanol–water partition coefficient (Wildman–Crippen LogP) is -0.0887. The van der Waals surface area contributed by atoms with Crippen molar-refractivity contribution in [3.63, 3.8) is 0 Å². The third kappa shape index (κ3) is 1.41. The molecular formula is C4H8N4S. The molecule has 0 saturated carbocycles. The Morgan fingerprint density at radius 2 is 2.44 bits per heavy atom. The van der Waals surface area contributed by atoms with E-state index in [2.05, 4.69) is 28.2 Å². The zero-order chi connectivity index (χ0) is 6.69. The molecule has 1 heterocycles. The fraction of sp³-hybridized carbons (Fsp3) is 0.750. The standard InChI is InChI=1S/C4H8N4S/c1-4-5-6-7-8(4)2-3-9/h9H,2-3H2,1H3. The molecule has 0 fully saturated rings. The lowest BCUT2D eigenvalue weighted by atomic mass is 10.6. The van der Waals surface area contributed by atoms with E-state index in [9.17, 15) is 0 Å². The number of hydrogen-bond donors (Lipinski definition) is 1. The molecule has 0 atom stereocenters. The van der Waals surface area contributed by atoms with Gasteiger partial charge >= 0.3 is 0 Å². The van der Waals surface area contributed by atoms with Crippen molar-refractivity contribution in [1.82, 2.24) is 20.2 Å². The zero-order valence-electron chi connectivity index (χ0n) is 5.15. The number of rotatable bonds is 2. The summed E-state index contributed by atoms with van der Waals surface area (Å²) in [5.41, 5.74) is 0. The summed E-state index contributed by atoms with van der Waals surface area (Å²) < 4.78 is 1.72. The molecule has 0 unspecified atom stereocenters. The number of hydrogen-bond acceptors (Lipinski definition) is 4. The van der Waals surface area contributed by atoms with Crippen LogP contribution in [0, 0.1) is 6.92 Å². The van der Waals surface area contributed by atoms with Crippen LogP contribution < -0.4 is 0 Å². The van der Waals surface area contributed by atoms with Crippen LogP contribution in [-0.2, 0) is 6.54 Å². The normalized spacial score (nSPS) is 10.0. The second kappa shape index (κ2) is 2.82. The van der Waals surface area contributed by atoms with E-state index in [0.29, 0.717) is 0 Å². The van der Waals surface area contributed by atoms with E-state index in [-0.39, 0.29) is 0 Å². The van der Waals surface area contributed by atoms with E-state index < -0.39 is 0 Å². The number of tetrazole rings is 1. The Labute approximate surface area is 58.7 Å². The van der Waals surface area contributed by atoms with E-state index >= 15 is 0 Å². The highest BCUT2D eigenvalue weighted by Gasteiger charge is 1.95. The summed E-state index contributed by atoms with van der Waals surface area (Å²) >= 11 is 4.04. The lowest BCUT2D eigenvalue weighted by molar-refractivity contribution is 0.617. The molecule has 1 rings (SSSR count). The fourth-order valence-corrected chi connectivity index (χ4v) is 0.740. The Morgan fingerprint density at radius 1 is 1.67 bits per heavy atom. The maximum absolute atomic E-state index is 4.04. The molecule has 0 amide bonds. The summed E-state index contributed by atoms with van der Waals surface area (Å²) in [5, 5.41) is 10.9. The van der Waals surface area contributed by atoms with E-state index in [1.807, 2.05) is 6.92 Å². The van der Waals surface area contributed by atoms with Crippen LogP contribution >= 0.6 is 12.6 Å². The SMILES string of the molecule is Cc1nnnn1CCS. The van der Waals surface area contributed by atoms with Crippen molar-refractivity contribution >= 4 is 12.6 Å². The molecule has 0 aromatic carbocycles. The molecule has 9 heavy (non-hydrogen) atoms. The van der Waals surface area contributed by atoms with Gasteiger partial charge in [0.05, 0.1) is 6.54 Å². The van der Waals surface area contributed by atoms with Gasteiger partial charge in [-0.3, -0.25) is 0 Å². The Hall–Kier alpha value is -0.580. The van der Waals surface area contributed by atoms with E-state index in [4.69, 9.17) is 0 Å². The van der Waals surface area contributed by atoms with Gasteiger partial charge in [-0.2, -0.15) is 12.6 Å². The number of aryl methyl sites for hydroxylation is 2. The molecule has 50 valence electrons. The Morgan fingerprint density at radius 3 is 2.89 bits per heavy atom. The molecular weight excluding hydrogens is 136 g/mol. The molecule has 0 N–H and O–H groups in total. The van der Waals surface area contributed by atoms with Gasteiger partial charge in [0.1, 0.15) is 5.82 Å². The highest BCUT2D eigenvalue weighted by molar-refractivity contribution is 7.80. The second-order valence-corrected chi connectivity index (χ2v) is 2.12. The zero-order valence-corrected chi connectivity index (χ0v) is 6.04. The molecule has 0 saturated heterocycles. The fourth-order valence-electron chi connectivity index (χ4n) is 0.551. The minimum Gasteiger partial charge on any atom is -0.229 e. The van der Waals surface area contributed by atoms with Gasteiger partial charge < -0.3 is 0 Å². The lowest BCUT2D eigenvalue weighted by Gasteiger charge is -1.94. The molecule has 1 aromatic rings. The average Bonchev–Trinajstić information content (AvgIpc) is 2.18. The second-order valence-electron chi connectivity index (χ2n) is 1.67. The summed E-state index contributed by atoms with van der Waals surface area (Å²) in [6.07, 6.45) is 0. The van der Waals surface area contributed by atoms with E-state index in [1.54, 1.807) is 4.68 Å². The van der Waals surface area contributed by atoms with Gasteiger partial charge in [0, 0.05) is 5.75 Å². The summed E-state index contributed by atoms with van der Waals surface area (Å²) in [7, 11) is 0. The first-order valence-electron chi connectivity index (χ1n) is 2.68. The van der Waals surface area contributed by atoms with Crippen molar-refractivity contribution in [2.75, 3.05) is 5.75 Å². The van der Waals surface area contributed by atoms with Crippen molar-refractivity contribution in [1.29, 1.82) is 0 Å². The predicted molar refractivity (Wildman–Crippen MR) is 36.4 cm³/mol. The van der Waals surface area contributed by atoms with Crippen molar-refractivity contribution in [2.24, 2.45) is 0 Å². The Balaban J connectivity index is 2.69. The molecule has 4 nitrogen and oxygen atoms in total. The maximum atomic E-state index is 4.04. The lowest BCUT2D eigenvalue weighted by Crippen LogP contribution is -2.03. The van der Waals surface area contributed by atoms with Gasteiger partial charge in [0.15, 0.2) is 0 Å². The molecule has 0 aliphatic heterocycles. The largest absolute Gasteiger partial charge is 0.229 e. The van der Waals surface area contributed by atoms with Crippen LogP contribution in [0.4, 0.5) is 0 Å². The smallest absolute Gasteiger partial charge is 0.148 e. The van der Waals surface area contributed by atoms with Crippen molar-refractivity contribution < 1.29 is 0 Å². The molecule has 0 aliphatic carbocycles. The third-order valence-electron chi connectivity index (χ3n) is 1.02. The van der Waals surface area contributed by atoms with Crippen LogP contribution in [-0.4, -0.2) is 26.0 Å². The molecule has 0 spiro atoms. The topological polar surface area (TPSA) is 43.6 Å². The van der Waals surface area contributed by atoms with Crippen LogP contribution in [0.1, 0.15) is 5.82 Å². The quantitative estimate of drug-likeness (QED) is 0.590. The number of nitrogens with zero attached hydrogens (tertiary/aromatic N) is 4. The van der Waals surface area contributed by atoms with Crippen LogP contribution in [0.15, 0.2) is 0 Å². The highest BCUT2D eigenvalue weighted by Crippen LogP contribution is 1.88. The molecule has 0 radical (unpaired) electrons. The minimum absolute atomic E-state index is 0.770. The van der Waals surface area contributed by atoms with E-state index in [1.165, 1.54) is 0 Å². The van der Waals surface area contributed by atoms with Crippen LogP contribution in [0.2, 0.25) is 0 Å². The average molecular weight is 144 g/mol. The first-order chi connectivity index (χ1) is 4.34. The van der Waals surface area contributed by atoms with Crippen LogP contribution in [0.25, 0.3) is 0 Å². The van der Waals surface area contributed by atoms with Gasteiger partial charge in [-0.1, -0.05) is 0 Å². The van der Waals surface area contributed by atoms with Crippen LogP contribution in [0.3, 0.4) is 0 Å². The summed E-state index contributed by atoms with van der Waals surface area (Å²) in [6, 6.07) is 0. The van der Waals surface area contributed by atoms with Crippen LogP contribution in [0.5, 0.6) is 0 Å². The van der Waals surface area contributed by atoms with Gasteiger partial charge in [-0.25, -0.2) is 4.68 Å². The number of aromatic nitrogens is 4.